The fraction of sp³-hybridized carbons (Fsp3) is 0.381. The molecule has 1 saturated heterocycles. The fourth-order valence-electron chi connectivity index (χ4n) is 3.87. The van der Waals surface area contributed by atoms with Crippen LogP contribution in [0.25, 0.3) is 16.5 Å². The molecule has 2 aliphatic rings. The van der Waals surface area contributed by atoms with E-state index in [1.165, 1.54) is 5.57 Å². The van der Waals surface area contributed by atoms with Gasteiger partial charge in [0.2, 0.25) is 5.95 Å². The number of allylic oxidation sites excluding steroid dienone is 3. The second-order valence-electron chi connectivity index (χ2n) is 7.67. The molecule has 30 heavy (non-hydrogen) atoms. The molecule has 2 aromatic heterocycles. The van der Waals surface area contributed by atoms with Gasteiger partial charge < -0.3 is 10.1 Å². The van der Waals surface area contributed by atoms with Crippen molar-refractivity contribution in [3.8, 4) is 0 Å². The predicted octanol–water partition coefficient (Wildman–Crippen LogP) is 3.52. The van der Waals surface area contributed by atoms with Gasteiger partial charge in [-0.1, -0.05) is 29.3 Å². The van der Waals surface area contributed by atoms with Gasteiger partial charge in [-0.25, -0.2) is 4.68 Å². The number of benzene rings is 1. The molecule has 0 saturated carbocycles. The number of fused-ring (bicyclic) bond motifs is 1. The van der Waals surface area contributed by atoms with Crippen LogP contribution >= 0.6 is 11.6 Å². The summed E-state index contributed by atoms with van der Waals surface area (Å²) >= 11 is 6.53. The van der Waals surface area contributed by atoms with Crippen molar-refractivity contribution in [3.63, 3.8) is 0 Å². The number of aromatic nitrogens is 5. The summed E-state index contributed by atoms with van der Waals surface area (Å²) in [6.07, 6.45) is 8.08. The Kier molecular flexibility index (Phi) is 5.28. The minimum atomic E-state index is 0.610. The zero-order valence-electron chi connectivity index (χ0n) is 16.9. The molecule has 0 unspecified atom stereocenters. The van der Waals surface area contributed by atoms with Crippen LogP contribution in [0.2, 0.25) is 5.02 Å². The van der Waals surface area contributed by atoms with Crippen LogP contribution in [0.15, 0.2) is 36.1 Å². The number of hydrogen-bond acceptors (Lipinski definition) is 6. The Morgan fingerprint density at radius 3 is 2.87 bits per heavy atom. The highest BCUT2D eigenvalue weighted by molar-refractivity contribution is 6.38. The Labute approximate surface area is 179 Å². The summed E-state index contributed by atoms with van der Waals surface area (Å²) in [6, 6.07) is 3.86. The summed E-state index contributed by atoms with van der Waals surface area (Å²) in [5, 5.41) is 16.4. The number of aryl methyl sites for hydroxylation is 1. The van der Waals surface area contributed by atoms with Crippen molar-refractivity contribution in [2.45, 2.75) is 12.8 Å². The normalized spacial score (nSPS) is 17.8. The number of nitrogens with one attached hydrogen (secondary N) is 2. The molecule has 9 heteroatoms. The van der Waals surface area contributed by atoms with Crippen LogP contribution in [-0.4, -0.2) is 62.7 Å². The van der Waals surface area contributed by atoms with Gasteiger partial charge in [-0.05, 0) is 30.5 Å². The lowest BCUT2D eigenvalue weighted by atomic mass is 9.97. The average molecular weight is 426 g/mol. The van der Waals surface area contributed by atoms with Crippen molar-refractivity contribution in [2.75, 3.05) is 38.2 Å². The van der Waals surface area contributed by atoms with Crippen LogP contribution in [0, 0.1) is 0 Å². The predicted molar refractivity (Wildman–Crippen MR) is 118 cm³/mol. The van der Waals surface area contributed by atoms with Gasteiger partial charge in [0, 0.05) is 32.1 Å². The molecule has 0 atom stereocenters. The lowest BCUT2D eigenvalue weighted by Gasteiger charge is -2.28. The van der Waals surface area contributed by atoms with E-state index in [4.69, 9.17) is 21.3 Å². The van der Waals surface area contributed by atoms with Gasteiger partial charge in [0.15, 0.2) is 5.82 Å². The molecular formula is C21H24ClN7O. The third kappa shape index (κ3) is 3.86. The minimum Gasteiger partial charge on any atom is -0.379 e. The number of rotatable bonds is 5. The van der Waals surface area contributed by atoms with Crippen LogP contribution in [-0.2, 0) is 11.8 Å². The zero-order valence-corrected chi connectivity index (χ0v) is 17.6. The Bertz CT molecular complexity index is 1120. The number of aromatic amines is 1. The number of halogens is 1. The third-order valence-electron chi connectivity index (χ3n) is 5.62. The number of anilines is 2. The molecule has 0 amide bonds. The Morgan fingerprint density at radius 2 is 2.07 bits per heavy atom. The quantitative estimate of drug-likeness (QED) is 0.650. The van der Waals surface area contributed by atoms with E-state index in [9.17, 15) is 0 Å². The van der Waals surface area contributed by atoms with Gasteiger partial charge in [-0.3, -0.25) is 10.00 Å². The van der Waals surface area contributed by atoms with Crippen LogP contribution < -0.4 is 5.32 Å². The van der Waals surface area contributed by atoms with Gasteiger partial charge in [0.05, 0.1) is 35.6 Å². The van der Waals surface area contributed by atoms with Crippen LogP contribution in [0.4, 0.5) is 11.6 Å². The number of morpholine rings is 1. The molecule has 1 aliphatic heterocycles. The molecule has 1 aliphatic carbocycles. The Morgan fingerprint density at radius 1 is 1.20 bits per heavy atom. The van der Waals surface area contributed by atoms with Gasteiger partial charge in [-0.15, -0.1) is 5.10 Å². The van der Waals surface area contributed by atoms with E-state index < -0.39 is 0 Å². The smallest absolute Gasteiger partial charge is 0.225 e. The van der Waals surface area contributed by atoms with Crippen LogP contribution in [0.1, 0.15) is 18.7 Å². The Hall–Kier alpha value is -2.68. The van der Waals surface area contributed by atoms with Gasteiger partial charge >= 0.3 is 0 Å². The van der Waals surface area contributed by atoms with E-state index in [-0.39, 0.29) is 0 Å². The molecule has 0 radical (unpaired) electrons. The minimum absolute atomic E-state index is 0.610. The van der Waals surface area contributed by atoms with E-state index in [1.54, 1.807) is 10.9 Å². The maximum Gasteiger partial charge on any atom is 0.225 e. The molecule has 8 nitrogen and oxygen atoms in total. The highest BCUT2D eigenvalue weighted by Crippen LogP contribution is 2.32. The molecule has 0 spiro atoms. The molecule has 3 aromatic rings. The Balaban J connectivity index is 1.32. The lowest BCUT2D eigenvalue weighted by Crippen LogP contribution is -2.37. The second kappa shape index (κ2) is 8.22. The molecule has 1 fully saturated rings. The first-order valence-electron chi connectivity index (χ1n) is 10.2. The van der Waals surface area contributed by atoms with Gasteiger partial charge in [0.1, 0.15) is 0 Å². The van der Waals surface area contributed by atoms with Crippen molar-refractivity contribution in [3.05, 3.63) is 46.9 Å². The molecule has 5 rings (SSSR count). The summed E-state index contributed by atoms with van der Waals surface area (Å²) < 4.78 is 7.18. The fourth-order valence-corrected chi connectivity index (χ4v) is 4.14. The molecule has 1 aromatic carbocycles. The third-order valence-corrected chi connectivity index (χ3v) is 6.03. The monoisotopic (exact) mass is 425 g/mol. The van der Waals surface area contributed by atoms with Crippen molar-refractivity contribution in [1.29, 1.82) is 0 Å². The first-order chi connectivity index (χ1) is 14.7. The first-order valence-corrected chi connectivity index (χ1v) is 10.5. The number of H-pyrrole nitrogens is 1. The maximum absolute atomic E-state index is 6.53. The van der Waals surface area contributed by atoms with E-state index in [2.05, 4.69) is 37.7 Å². The largest absolute Gasteiger partial charge is 0.379 e. The van der Waals surface area contributed by atoms with Crippen molar-refractivity contribution < 1.29 is 4.74 Å². The van der Waals surface area contributed by atoms with E-state index >= 15 is 0 Å². The van der Waals surface area contributed by atoms with Crippen molar-refractivity contribution in [1.82, 2.24) is 29.9 Å². The lowest BCUT2D eigenvalue weighted by molar-refractivity contribution is 0.0419. The first kappa shape index (κ1) is 19.3. The van der Waals surface area contributed by atoms with Crippen LogP contribution in [0.5, 0.6) is 0 Å². The number of hydrogen-bond donors (Lipinski definition) is 2. The highest BCUT2D eigenvalue weighted by atomic mass is 35.5. The highest BCUT2D eigenvalue weighted by Gasteiger charge is 2.18. The maximum atomic E-state index is 6.53. The number of nitrogens with zero attached hydrogens (tertiary/aromatic N) is 5. The molecule has 2 N–H and O–H groups in total. The van der Waals surface area contributed by atoms with E-state index in [0.29, 0.717) is 11.0 Å². The topological polar surface area (TPSA) is 83.9 Å². The van der Waals surface area contributed by atoms with E-state index in [0.717, 1.165) is 73.7 Å². The second-order valence-corrected chi connectivity index (χ2v) is 8.05. The summed E-state index contributed by atoms with van der Waals surface area (Å²) in [7, 11) is 1.88. The zero-order chi connectivity index (χ0) is 20.5. The van der Waals surface area contributed by atoms with Crippen molar-refractivity contribution in [2.24, 2.45) is 7.05 Å². The molecule has 156 valence electrons. The molecule has 3 heterocycles. The van der Waals surface area contributed by atoms with Gasteiger partial charge in [0.25, 0.3) is 0 Å². The standard InChI is InChI=1S/C21H24ClN7O/c1-28-21(24-18-7-6-17-16(19(18)22)12-23-26-17)25-20(27-28)15-4-2-14(3-5-15)13-29-8-10-30-11-9-29/h2,4,6-7,12H,3,5,8-11,13H2,1H3,(H,23,26)(H,24,25,27). The van der Waals surface area contributed by atoms with Crippen molar-refractivity contribution >= 4 is 39.7 Å². The average Bonchev–Trinajstić information content (AvgIpc) is 3.39. The summed E-state index contributed by atoms with van der Waals surface area (Å²) in [5.74, 6) is 1.40. The molecular weight excluding hydrogens is 402 g/mol. The van der Waals surface area contributed by atoms with Gasteiger partial charge in [-0.2, -0.15) is 10.1 Å². The van der Waals surface area contributed by atoms with E-state index in [1.807, 2.05) is 19.2 Å². The number of ether oxygens (including phenoxy) is 1. The summed E-state index contributed by atoms with van der Waals surface area (Å²) in [6.45, 7) is 4.71. The SMILES string of the molecule is Cn1nc(C2=CC=C(CN3CCOCC3)CC2)nc1Nc1ccc2[nH]ncc2c1Cl. The molecule has 0 bridgehead atoms. The van der Waals surface area contributed by atoms with Crippen LogP contribution in [0.3, 0.4) is 0 Å². The summed E-state index contributed by atoms with van der Waals surface area (Å²) in [4.78, 5) is 7.17. The summed E-state index contributed by atoms with van der Waals surface area (Å²) in [5.41, 5.74) is 4.28.